The van der Waals surface area contributed by atoms with E-state index >= 15 is 0 Å². The SMILES string of the molecule is COc1ccc(C(=O)N2CCC(CCc3noc(C4CC4)n3)CC2)cc1F. The predicted octanol–water partition coefficient (Wildman–Crippen LogP) is 3.58. The third-order valence-corrected chi connectivity index (χ3v) is 5.49. The Morgan fingerprint density at radius 2 is 2.07 bits per heavy atom. The molecule has 1 saturated carbocycles. The number of likely N-dealkylation sites (tertiary alicyclic amines) is 1. The summed E-state index contributed by atoms with van der Waals surface area (Å²) < 4.78 is 24.0. The highest BCUT2D eigenvalue weighted by molar-refractivity contribution is 5.94. The van der Waals surface area contributed by atoms with Crippen LogP contribution in [0.15, 0.2) is 22.7 Å². The van der Waals surface area contributed by atoms with Crippen LogP contribution in [0, 0.1) is 11.7 Å². The van der Waals surface area contributed by atoms with Crippen molar-refractivity contribution in [2.75, 3.05) is 20.2 Å². The molecular weight excluding hydrogens is 349 g/mol. The summed E-state index contributed by atoms with van der Waals surface area (Å²) in [6.07, 6.45) is 6.02. The number of piperidine rings is 1. The molecule has 1 aromatic heterocycles. The van der Waals surface area contributed by atoms with Crippen LogP contribution >= 0.6 is 0 Å². The van der Waals surface area contributed by atoms with Crippen LogP contribution in [0.25, 0.3) is 0 Å². The Balaban J connectivity index is 1.26. The number of ether oxygens (including phenoxy) is 1. The summed E-state index contributed by atoms with van der Waals surface area (Å²) in [5.74, 6) is 2.14. The van der Waals surface area contributed by atoms with E-state index in [9.17, 15) is 9.18 Å². The highest BCUT2D eigenvalue weighted by Crippen LogP contribution is 2.39. The van der Waals surface area contributed by atoms with Crippen molar-refractivity contribution in [3.05, 3.63) is 41.3 Å². The molecule has 4 rings (SSSR count). The molecule has 6 nitrogen and oxygen atoms in total. The lowest BCUT2D eigenvalue weighted by Gasteiger charge is -2.32. The molecule has 1 saturated heterocycles. The van der Waals surface area contributed by atoms with Crippen LogP contribution in [0.1, 0.15) is 60.1 Å². The number of nitrogens with zero attached hydrogens (tertiary/aromatic N) is 3. The van der Waals surface area contributed by atoms with E-state index in [4.69, 9.17) is 9.26 Å². The van der Waals surface area contributed by atoms with E-state index in [-0.39, 0.29) is 11.7 Å². The summed E-state index contributed by atoms with van der Waals surface area (Å²) >= 11 is 0. The average Bonchev–Trinajstić information content (AvgIpc) is 3.44. The number of halogens is 1. The Kier molecular flexibility index (Phi) is 5.09. The molecule has 1 aromatic carbocycles. The van der Waals surface area contributed by atoms with Gasteiger partial charge in [-0.3, -0.25) is 4.79 Å². The van der Waals surface area contributed by atoms with Crippen molar-refractivity contribution in [3.8, 4) is 5.75 Å². The molecule has 0 atom stereocenters. The minimum atomic E-state index is -0.510. The second kappa shape index (κ2) is 7.66. The van der Waals surface area contributed by atoms with Crippen molar-refractivity contribution in [1.29, 1.82) is 0 Å². The molecule has 144 valence electrons. The molecule has 0 radical (unpaired) electrons. The van der Waals surface area contributed by atoms with Gasteiger partial charge in [0, 0.05) is 31.0 Å². The van der Waals surface area contributed by atoms with Gasteiger partial charge in [0.25, 0.3) is 5.91 Å². The first-order valence-corrected chi connectivity index (χ1v) is 9.59. The lowest BCUT2D eigenvalue weighted by molar-refractivity contribution is 0.0686. The van der Waals surface area contributed by atoms with Crippen molar-refractivity contribution >= 4 is 5.91 Å². The summed E-state index contributed by atoms with van der Waals surface area (Å²) in [5.41, 5.74) is 0.367. The van der Waals surface area contributed by atoms with Gasteiger partial charge in [0.05, 0.1) is 7.11 Å². The number of amides is 1. The van der Waals surface area contributed by atoms with Gasteiger partial charge < -0.3 is 14.2 Å². The van der Waals surface area contributed by atoms with E-state index in [0.717, 1.165) is 50.2 Å². The van der Waals surface area contributed by atoms with Gasteiger partial charge in [0.2, 0.25) is 5.89 Å². The van der Waals surface area contributed by atoms with E-state index in [1.165, 1.54) is 19.2 Å². The van der Waals surface area contributed by atoms with Crippen molar-refractivity contribution < 1.29 is 18.4 Å². The first-order chi connectivity index (χ1) is 13.1. The standard InChI is InChI=1S/C20H24FN3O3/c1-26-17-6-5-15(12-16(17)21)20(25)24-10-8-13(9-11-24)2-7-18-22-19(27-23-18)14-3-4-14/h5-6,12-14H,2-4,7-11H2,1H3. The van der Waals surface area contributed by atoms with Gasteiger partial charge in [-0.25, -0.2) is 4.39 Å². The number of carbonyl (C=O) groups is 1. The van der Waals surface area contributed by atoms with E-state index in [1.54, 1.807) is 11.0 Å². The van der Waals surface area contributed by atoms with Crippen LogP contribution in [-0.2, 0) is 6.42 Å². The van der Waals surface area contributed by atoms with Crippen molar-refractivity contribution in [1.82, 2.24) is 15.0 Å². The lowest BCUT2D eigenvalue weighted by atomic mass is 9.91. The fourth-order valence-electron chi connectivity index (χ4n) is 3.61. The van der Waals surface area contributed by atoms with Crippen molar-refractivity contribution in [3.63, 3.8) is 0 Å². The quantitative estimate of drug-likeness (QED) is 0.774. The molecule has 0 unspecified atom stereocenters. The molecule has 1 aliphatic carbocycles. The minimum Gasteiger partial charge on any atom is -0.494 e. The summed E-state index contributed by atoms with van der Waals surface area (Å²) in [4.78, 5) is 18.9. The molecule has 0 spiro atoms. The molecule has 0 bridgehead atoms. The smallest absolute Gasteiger partial charge is 0.253 e. The number of aryl methyl sites for hydroxylation is 1. The third kappa shape index (κ3) is 4.12. The Morgan fingerprint density at radius 1 is 1.30 bits per heavy atom. The summed E-state index contributed by atoms with van der Waals surface area (Å²) in [6, 6.07) is 4.36. The fraction of sp³-hybridized carbons (Fsp3) is 0.550. The highest BCUT2D eigenvalue weighted by atomic mass is 19.1. The van der Waals surface area contributed by atoms with Crippen molar-refractivity contribution in [2.24, 2.45) is 5.92 Å². The van der Waals surface area contributed by atoms with Gasteiger partial charge in [0.1, 0.15) is 0 Å². The van der Waals surface area contributed by atoms with E-state index in [1.807, 2.05) is 0 Å². The molecule has 2 fully saturated rings. The summed E-state index contributed by atoms with van der Waals surface area (Å²) in [7, 11) is 1.41. The Hall–Kier alpha value is -2.44. The number of rotatable bonds is 6. The average molecular weight is 373 g/mol. The highest BCUT2D eigenvalue weighted by Gasteiger charge is 2.30. The number of hydrogen-bond donors (Lipinski definition) is 0. The maximum Gasteiger partial charge on any atom is 0.253 e. The molecule has 2 aromatic rings. The van der Waals surface area contributed by atoms with Crippen LogP contribution in [0.5, 0.6) is 5.75 Å². The number of benzene rings is 1. The van der Waals surface area contributed by atoms with E-state index in [2.05, 4.69) is 10.1 Å². The number of hydrogen-bond acceptors (Lipinski definition) is 5. The predicted molar refractivity (Wildman–Crippen MR) is 96.2 cm³/mol. The van der Waals surface area contributed by atoms with Gasteiger partial charge in [-0.05, 0) is 56.2 Å². The fourth-order valence-corrected chi connectivity index (χ4v) is 3.61. The normalized spacial score (nSPS) is 17.9. The van der Waals surface area contributed by atoms with Gasteiger partial charge in [-0.15, -0.1) is 0 Å². The van der Waals surface area contributed by atoms with Crippen LogP contribution in [0.2, 0.25) is 0 Å². The maximum atomic E-state index is 13.8. The largest absolute Gasteiger partial charge is 0.494 e. The number of methoxy groups -OCH3 is 1. The first-order valence-electron chi connectivity index (χ1n) is 9.59. The lowest BCUT2D eigenvalue weighted by Crippen LogP contribution is -2.38. The van der Waals surface area contributed by atoms with Gasteiger partial charge in [0.15, 0.2) is 17.4 Å². The van der Waals surface area contributed by atoms with Crippen LogP contribution in [0.3, 0.4) is 0 Å². The maximum absolute atomic E-state index is 13.8. The molecular formula is C20H24FN3O3. The minimum absolute atomic E-state index is 0.123. The number of aromatic nitrogens is 2. The Bertz CT molecular complexity index is 811. The topological polar surface area (TPSA) is 68.5 Å². The van der Waals surface area contributed by atoms with Crippen LogP contribution in [0.4, 0.5) is 4.39 Å². The first kappa shape index (κ1) is 17.9. The Labute approximate surface area is 157 Å². The molecule has 7 heteroatoms. The molecule has 2 heterocycles. The van der Waals surface area contributed by atoms with Crippen LogP contribution in [-0.4, -0.2) is 41.1 Å². The second-order valence-corrected chi connectivity index (χ2v) is 7.45. The van der Waals surface area contributed by atoms with Crippen molar-refractivity contribution in [2.45, 2.75) is 44.4 Å². The van der Waals surface area contributed by atoms with E-state index < -0.39 is 5.82 Å². The molecule has 1 amide bonds. The number of carbonyl (C=O) groups excluding carboxylic acids is 1. The molecule has 0 N–H and O–H groups in total. The molecule has 1 aliphatic heterocycles. The monoisotopic (exact) mass is 373 g/mol. The third-order valence-electron chi connectivity index (χ3n) is 5.49. The Morgan fingerprint density at radius 3 is 2.74 bits per heavy atom. The summed E-state index contributed by atoms with van der Waals surface area (Å²) in [6.45, 7) is 1.38. The molecule has 27 heavy (non-hydrogen) atoms. The molecule has 2 aliphatic rings. The van der Waals surface area contributed by atoms with Gasteiger partial charge in [-0.1, -0.05) is 5.16 Å². The second-order valence-electron chi connectivity index (χ2n) is 7.45. The van der Waals surface area contributed by atoms with Gasteiger partial charge in [-0.2, -0.15) is 4.98 Å². The zero-order valence-electron chi connectivity index (χ0n) is 15.5. The zero-order chi connectivity index (χ0) is 18.8. The zero-order valence-corrected chi connectivity index (χ0v) is 15.5. The van der Waals surface area contributed by atoms with E-state index in [0.29, 0.717) is 30.5 Å². The van der Waals surface area contributed by atoms with Crippen LogP contribution < -0.4 is 4.74 Å². The summed E-state index contributed by atoms with van der Waals surface area (Å²) in [5, 5.41) is 4.07. The van der Waals surface area contributed by atoms with Gasteiger partial charge >= 0.3 is 0 Å².